The monoisotopic (exact) mass is 260 g/mol. The third-order valence-corrected chi connectivity index (χ3v) is 5.23. The molecular weight excluding hydrogens is 236 g/mol. The first-order valence-corrected chi connectivity index (χ1v) is 7.57. The van der Waals surface area contributed by atoms with Crippen molar-refractivity contribution in [3.05, 3.63) is 35.4 Å². The molecule has 1 saturated carbocycles. The second-order valence-corrected chi connectivity index (χ2v) is 6.64. The van der Waals surface area contributed by atoms with E-state index in [4.69, 9.17) is 0 Å². The molecule has 0 amide bonds. The molecule has 0 saturated heterocycles. The van der Waals surface area contributed by atoms with Gasteiger partial charge in [-0.2, -0.15) is 0 Å². The highest BCUT2D eigenvalue weighted by Crippen LogP contribution is 2.42. The molecule has 2 atom stereocenters. The molecule has 0 aromatic heterocycles. The van der Waals surface area contributed by atoms with Crippen molar-refractivity contribution < 1.29 is 10.2 Å². The Bertz CT molecular complexity index is 446. The van der Waals surface area contributed by atoms with E-state index in [1.807, 2.05) is 0 Å². The van der Waals surface area contributed by atoms with Crippen LogP contribution in [-0.4, -0.2) is 21.9 Å². The van der Waals surface area contributed by atoms with E-state index in [1.54, 1.807) is 0 Å². The molecule has 104 valence electrons. The van der Waals surface area contributed by atoms with Gasteiger partial charge in [-0.25, -0.2) is 0 Å². The third kappa shape index (κ3) is 2.44. The molecule has 2 N–H and O–H groups in total. The molecule has 0 radical (unpaired) electrons. The van der Waals surface area contributed by atoms with E-state index in [-0.39, 0.29) is 0 Å². The predicted molar refractivity (Wildman–Crippen MR) is 76.1 cm³/mol. The summed E-state index contributed by atoms with van der Waals surface area (Å²) in [6.07, 6.45) is 4.77. The summed E-state index contributed by atoms with van der Waals surface area (Å²) >= 11 is 0. The summed E-state index contributed by atoms with van der Waals surface area (Å²) < 4.78 is 0. The van der Waals surface area contributed by atoms with Gasteiger partial charge >= 0.3 is 0 Å². The Morgan fingerprint density at radius 2 is 1.95 bits per heavy atom. The summed E-state index contributed by atoms with van der Waals surface area (Å²) in [6.45, 7) is 2.23. The van der Waals surface area contributed by atoms with E-state index in [1.165, 1.54) is 11.1 Å². The lowest BCUT2D eigenvalue weighted by molar-refractivity contribution is -0.108. The Labute approximate surface area is 115 Å². The first kappa shape index (κ1) is 13.1. The molecule has 0 spiro atoms. The van der Waals surface area contributed by atoms with Crippen molar-refractivity contribution in [2.24, 2.45) is 5.92 Å². The van der Waals surface area contributed by atoms with Crippen molar-refractivity contribution in [2.75, 3.05) is 0 Å². The minimum Gasteiger partial charge on any atom is -0.390 e. The van der Waals surface area contributed by atoms with Crippen molar-refractivity contribution in [3.63, 3.8) is 0 Å². The van der Waals surface area contributed by atoms with Crippen LogP contribution in [0, 0.1) is 5.92 Å². The van der Waals surface area contributed by atoms with Crippen LogP contribution in [0.3, 0.4) is 0 Å². The quantitative estimate of drug-likeness (QED) is 0.877. The molecule has 3 rings (SSSR count). The zero-order valence-electron chi connectivity index (χ0n) is 11.7. The van der Waals surface area contributed by atoms with Crippen molar-refractivity contribution in [2.45, 2.75) is 63.1 Å². The van der Waals surface area contributed by atoms with E-state index in [0.717, 1.165) is 32.1 Å². The Morgan fingerprint density at radius 3 is 2.63 bits per heavy atom. The van der Waals surface area contributed by atoms with Crippen LogP contribution < -0.4 is 0 Å². The maximum absolute atomic E-state index is 10.6. The van der Waals surface area contributed by atoms with Gasteiger partial charge < -0.3 is 10.2 Å². The zero-order valence-corrected chi connectivity index (χ0v) is 11.7. The molecule has 2 heteroatoms. The number of hydrogen-bond donors (Lipinski definition) is 2. The van der Waals surface area contributed by atoms with E-state index >= 15 is 0 Å². The molecule has 0 heterocycles. The number of fused-ring (bicyclic) bond motifs is 1. The summed E-state index contributed by atoms with van der Waals surface area (Å²) in [5.74, 6) is 1.13. The Morgan fingerprint density at radius 1 is 1.26 bits per heavy atom. The van der Waals surface area contributed by atoms with Crippen LogP contribution in [0.1, 0.15) is 56.1 Å². The molecule has 1 aromatic rings. The lowest BCUT2D eigenvalue weighted by Gasteiger charge is -2.41. The van der Waals surface area contributed by atoms with Crippen LogP contribution >= 0.6 is 0 Å². The minimum atomic E-state index is -0.836. The van der Waals surface area contributed by atoms with E-state index in [9.17, 15) is 10.2 Å². The first-order chi connectivity index (χ1) is 9.08. The van der Waals surface area contributed by atoms with Gasteiger partial charge in [0.2, 0.25) is 0 Å². The molecule has 2 nitrogen and oxygen atoms in total. The Hall–Kier alpha value is -0.860. The van der Waals surface area contributed by atoms with E-state index in [0.29, 0.717) is 18.3 Å². The molecule has 19 heavy (non-hydrogen) atoms. The smallest absolute Gasteiger partial charge is 0.0905 e. The third-order valence-electron chi connectivity index (χ3n) is 5.23. The fourth-order valence-corrected chi connectivity index (χ4v) is 3.66. The second-order valence-electron chi connectivity index (χ2n) is 6.64. The highest BCUT2D eigenvalue weighted by molar-refractivity contribution is 5.39. The van der Waals surface area contributed by atoms with Gasteiger partial charge in [0.15, 0.2) is 0 Å². The standard InChI is InChI=1S/C17H24O2/c1-12-6-8-17(19,9-7-12)16(18)11-14-10-13-4-2-3-5-15(13)14/h2-5,12,14,16,18-19H,6-11H2,1H3. The van der Waals surface area contributed by atoms with E-state index in [2.05, 4.69) is 31.2 Å². The van der Waals surface area contributed by atoms with Gasteiger partial charge in [-0.3, -0.25) is 0 Å². The summed E-state index contributed by atoms with van der Waals surface area (Å²) in [6, 6.07) is 8.45. The number of aliphatic hydroxyl groups is 2. The fraction of sp³-hybridized carbons (Fsp3) is 0.647. The van der Waals surface area contributed by atoms with Gasteiger partial charge in [0.25, 0.3) is 0 Å². The molecule has 2 aliphatic carbocycles. The Kier molecular flexibility index (Phi) is 3.40. The number of benzene rings is 1. The van der Waals surface area contributed by atoms with Crippen LogP contribution in [-0.2, 0) is 6.42 Å². The summed E-state index contributed by atoms with van der Waals surface area (Å²) in [4.78, 5) is 0. The van der Waals surface area contributed by atoms with Gasteiger partial charge in [0.05, 0.1) is 11.7 Å². The van der Waals surface area contributed by atoms with Crippen LogP contribution in [0.5, 0.6) is 0 Å². The van der Waals surface area contributed by atoms with Crippen LogP contribution in [0.2, 0.25) is 0 Å². The summed E-state index contributed by atoms with van der Waals surface area (Å²) in [5.41, 5.74) is 1.94. The predicted octanol–water partition coefficient (Wildman–Crippen LogP) is 3.02. The van der Waals surface area contributed by atoms with Crippen molar-refractivity contribution in [3.8, 4) is 0 Å². The summed E-state index contributed by atoms with van der Waals surface area (Å²) in [7, 11) is 0. The fourth-order valence-electron chi connectivity index (χ4n) is 3.66. The normalized spacial score (nSPS) is 35.3. The SMILES string of the molecule is CC1CCC(O)(C(O)CC2Cc3ccccc32)CC1. The number of rotatable bonds is 3. The van der Waals surface area contributed by atoms with Crippen molar-refractivity contribution in [1.82, 2.24) is 0 Å². The molecule has 1 aromatic carbocycles. The highest BCUT2D eigenvalue weighted by Gasteiger charge is 2.41. The maximum Gasteiger partial charge on any atom is 0.0905 e. The lowest BCUT2D eigenvalue weighted by Crippen LogP contribution is -2.46. The molecule has 0 bridgehead atoms. The lowest BCUT2D eigenvalue weighted by atomic mass is 9.69. The average Bonchev–Trinajstić information content (AvgIpc) is 2.39. The van der Waals surface area contributed by atoms with Crippen molar-refractivity contribution in [1.29, 1.82) is 0 Å². The highest BCUT2D eigenvalue weighted by atomic mass is 16.3. The topological polar surface area (TPSA) is 40.5 Å². The molecule has 0 aliphatic heterocycles. The van der Waals surface area contributed by atoms with Crippen LogP contribution in [0.25, 0.3) is 0 Å². The van der Waals surface area contributed by atoms with Crippen molar-refractivity contribution >= 4 is 0 Å². The maximum atomic E-state index is 10.6. The largest absolute Gasteiger partial charge is 0.390 e. The molecule has 2 aliphatic rings. The molecule has 2 unspecified atom stereocenters. The first-order valence-electron chi connectivity index (χ1n) is 7.57. The van der Waals surface area contributed by atoms with Crippen LogP contribution in [0.4, 0.5) is 0 Å². The summed E-state index contributed by atoms with van der Waals surface area (Å²) in [5, 5.41) is 21.1. The van der Waals surface area contributed by atoms with Crippen LogP contribution in [0.15, 0.2) is 24.3 Å². The van der Waals surface area contributed by atoms with Gasteiger partial charge in [0.1, 0.15) is 0 Å². The molecular formula is C17H24O2. The molecule has 1 fully saturated rings. The Balaban J connectivity index is 1.62. The van der Waals surface area contributed by atoms with Gasteiger partial charge in [-0.15, -0.1) is 0 Å². The second kappa shape index (κ2) is 4.92. The van der Waals surface area contributed by atoms with Gasteiger partial charge in [-0.1, -0.05) is 31.2 Å². The number of aliphatic hydroxyl groups excluding tert-OH is 1. The van der Waals surface area contributed by atoms with Gasteiger partial charge in [-0.05, 0) is 61.5 Å². The number of hydrogen-bond acceptors (Lipinski definition) is 2. The minimum absolute atomic E-state index is 0.439. The van der Waals surface area contributed by atoms with Gasteiger partial charge in [0, 0.05) is 0 Å². The van der Waals surface area contributed by atoms with E-state index < -0.39 is 11.7 Å². The average molecular weight is 260 g/mol. The zero-order chi connectivity index (χ0) is 13.5.